The highest BCUT2D eigenvalue weighted by atomic mass is 79.9. The highest BCUT2D eigenvalue weighted by Gasteiger charge is 2.24. The van der Waals surface area contributed by atoms with Gasteiger partial charge >= 0.3 is 0 Å². The maximum Gasteiger partial charge on any atom is 0.191 e. The first-order valence-corrected chi connectivity index (χ1v) is 11.7. The van der Waals surface area contributed by atoms with E-state index in [1.807, 2.05) is 11.3 Å². The third kappa shape index (κ3) is 3.64. The number of nitrogens with zero attached hydrogens (tertiary/aromatic N) is 3. The maximum absolute atomic E-state index is 4.57. The number of halogens is 1. The van der Waals surface area contributed by atoms with Gasteiger partial charge in [0.1, 0.15) is 0 Å². The van der Waals surface area contributed by atoms with Crippen molar-refractivity contribution in [3.63, 3.8) is 0 Å². The van der Waals surface area contributed by atoms with Crippen molar-refractivity contribution >= 4 is 39.0 Å². The second-order valence-electron chi connectivity index (χ2n) is 6.86. The summed E-state index contributed by atoms with van der Waals surface area (Å²) < 4.78 is 3.38. The number of aromatic nitrogens is 3. The highest BCUT2D eigenvalue weighted by Crippen LogP contribution is 2.38. The van der Waals surface area contributed by atoms with Gasteiger partial charge in [0.2, 0.25) is 0 Å². The zero-order valence-electron chi connectivity index (χ0n) is 15.0. The lowest BCUT2D eigenvalue weighted by molar-refractivity contribution is 0.508. The SMILES string of the molecule is CCn1c(SCc2ccc(Br)cc2)nnc1-c1csc2c1CCC(C)C2. The van der Waals surface area contributed by atoms with Crippen LogP contribution < -0.4 is 0 Å². The average Bonchev–Trinajstić information content (AvgIpc) is 3.23. The molecule has 136 valence electrons. The van der Waals surface area contributed by atoms with Gasteiger partial charge in [-0.3, -0.25) is 0 Å². The third-order valence-corrected chi connectivity index (χ3v) is 7.57. The van der Waals surface area contributed by atoms with Gasteiger partial charge in [-0.1, -0.05) is 46.7 Å². The molecule has 2 aromatic heterocycles. The smallest absolute Gasteiger partial charge is 0.191 e. The van der Waals surface area contributed by atoms with Crippen LogP contribution in [0.3, 0.4) is 0 Å². The van der Waals surface area contributed by atoms with Crippen LogP contribution in [0.5, 0.6) is 0 Å². The molecule has 1 atom stereocenters. The number of rotatable bonds is 5. The molecule has 0 bridgehead atoms. The van der Waals surface area contributed by atoms with Crippen molar-refractivity contribution in [2.45, 2.75) is 50.6 Å². The molecule has 0 aliphatic heterocycles. The van der Waals surface area contributed by atoms with Crippen molar-refractivity contribution in [1.82, 2.24) is 14.8 Å². The van der Waals surface area contributed by atoms with Crippen molar-refractivity contribution in [3.05, 3.63) is 50.1 Å². The number of hydrogen-bond acceptors (Lipinski definition) is 4. The third-order valence-electron chi connectivity index (χ3n) is 4.96. The van der Waals surface area contributed by atoms with E-state index in [-0.39, 0.29) is 0 Å². The molecule has 3 nitrogen and oxygen atoms in total. The van der Waals surface area contributed by atoms with Gasteiger partial charge in [0.05, 0.1) is 0 Å². The minimum Gasteiger partial charge on any atom is -0.302 e. The van der Waals surface area contributed by atoms with E-state index < -0.39 is 0 Å². The second kappa shape index (κ2) is 7.87. The summed E-state index contributed by atoms with van der Waals surface area (Å²) in [5.41, 5.74) is 4.12. The standard InChI is InChI=1S/C20H22BrN3S2/c1-3-24-19(17-12-25-18-10-13(2)4-9-16(17)18)22-23-20(24)26-11-14-5-7-15(21)8-6-14/h5-8,12-13H,3-4,9-11H2,1-2H3. The van der Waals surface area contributed by atoms with E-state index in [1.165, 1.54) is 36.0 Å². The first-order valence-electron chi connectivity index (χ1n) is 9.05. The van der Waals surface area contributed by atoms with Crippen LogP contribution in [-0.2, 0) is 25.1 Å². The Morgan fingerprint density at radius 3 is 2.85 bits per heavy atom. The van der Waals surface area contributed by atoms with E-state index in [9.17, 15) is 0 Å². The van der Waals surface area contributed by atoms with E-state index in [4.69, 9.17) is 0 Å². The van der Waals surface area contributed by atoms with Crippen LogP contribution in [0.15, 0.2) is 39.3 Å². The molecule has 0 saturated carbocycles. The predicted octanol–water partition coefficient (Wildman–Crippen LogP) is 6.21. The summed E-state index contributed by atoms with van der Waals surface area (Å²) in [5.74, 6) is 2.75. The van der Waals surface area contributed by atoms with Crippen molar-refractivity contribution in [2.75, 3.05) is 0 Å². The summed E-state index contributed by atoms with van der Waals surface area (Å²) >= 11 is 7.15. The van der Waals surface area contributed by atoms with E-state index in [1.54, 1.807) is 16.6 Å². The molecule has 26 heavy (non-hydrogen) atoms. The lowest BCUT2D eigenvalue weighted by atomic mass is 9.88. The molecule has 0 fully saturated rings. The van der Waals surface area contributed by atoms with Crippen LogP contribution in [0.25, 0.3) is 11.4 Å². The fourth-order valence-corrected chi connectivity index (χ4v) is 5.94. The summed E-state index contributed by atoms with van der Waals surface area (Å²) in [5, 5.41) is 12.4. The average molecular weight is 448 g/mol. The molecule has 1 unspecified atom stereocenters. The lowest BCUT2D eigenvalue weighted by Gasteiger charge is -2.19. The number of thioether (sulfide) groups is 1. The molecule has 0 radical (unpaired) electrons. The Morgan fingerprint density at radius 1 is 1.27 bits per heavy atom. The minimum absolute atomic E-state index is 0.801. The Bertz CT molecular complexity index is 898. The number of thiophene rings is 1. The number of hydrogen-bond donors (Lipinski definition) is 0. The minimum atomic E-state index is 0.801. The molecule has 3 aromatic rings. The quantitative estimate of drug-likeness (QED) is 0.435. The van der Waals surface area contributed by atoms with Gasteiger partial charge in [0.25, 0.3) is 0 Å². The van der Waals surface area contributed by atoms with Gasteiger partial charge in [-0.05, 0) is 55.4 Å². The Kier molecular flexibility index (Phi) is 5.53. The Labute approximate surface area is 171 Å². The van der Waals surface area contributed by atoms with Gasteiger partial charge in [-0.25, -0.2) is 0 Å². The van der Waals surface area contributed by atoms with Crippen LogP contribution in [0.4, 0.5) is 0 Å². The van der Waals surface area contributed by atoms with Crippen LogP contribution in [-0.4, -0.2) is 14.8 Å². The van der Waals surface area contributed by atoms with Gasteiger partial charge in [-0.15, -0.1) is 21.5 Å². The fraction of sp³-hybridized carbons (Fsp3) is 0.400. The Morgan fingerprint density at radius 2 is 2.08 bits per heavy atom. The van der Waals surface area contributed by atoms with Crippen molar-refractivity contribution in [1.29, 1.82) is 0 Å². The van der Waals surface area contributed by atoms with Crippen LogP contribution >= 0.6 is 39.0 Å². The summed E-state index contributed by atoms with van der Waals surface area (Å²) in [6.45, 7) is 5.43. The van der Waals surface area contributed by atoms with Crippen molar-refractivity contribution < 1.29 is 0 Å². The summed E-state index contributed by atoms with van der Waals surface area (Å²) in [6.07, 6.45) is 3.67. The van der Waals surface area contributed by atoms with Crippen molar-refractivity contribution in [2.24, 2.45) is 5.92 Å². The van der Waals surface area contributed by atoms with Gasteiger partial charge in [-0.2, -0.15) is 0 Å². The normalized spacial score (nSPS) is 16.7. The monoisotopic (exact) mass is 447 g/mol. The lowest BCUT2D eigenvalue weighted by Crippen LogP contribution is -2.10. The van der Waals surface area contributed by atoms with Gasteiger partial charge < -0.3 is 4.57 Å². The zero-order chi connectivity index (χ0) is 18.1. The van der Waals surface area contributed by atoms with Gasteiger partial charge in [0, 0.05) is 32.6 Å². The summed E-state index contributed by atoms with van der Waals surface area (Å²) in [6, 6.07) is 8.48. The van der Waals surface area contributed by atoms with E-state index >= 15 is 0 Å². The topological polar surface area (TPSA) is 30.7 Å². The van der Waals surface area contributed by atoms with Gasteiger partial charge in [0.15, 0.2) is 11.0 Å². The van der Waals surface area contributed by atoms with E-state index in [2.05, 4.69) is 74.2 Å². The molecule has 4 rings (SSSR count). The van der Waals surface area contributed by atoms with Crippen molar-refractivity contribution in [3.8, 4) is 11.4 Å². The first kappa shape index (κ1) is 18.3. The fourth-order valence-electron chi connectivity index (χ4n) is 3.47. The zero-order valence-corrected chi connectivity index (χ0v) is 18.3. The molecular formula is C20H22BrN3S2. The Hall–Kier alpha value is -1.11. The highest BCUT2D eigenvalue weighted by molar-refractivity contribution is 9.10. The number of benzene rings is 1. The van der Waals surface area contributed by atoms with Crippen LogP contribution in [0.1, 0.15) is 36.3 Å². The van der Waals surface area contributed by atoms with E-state index in [0.717, 1.165) is 33.7 Å². The molecule has 1 aromatic carbocycles. The molecule has 0 saturated heterocycles. The first-order chi connectivity index (χ1) is 12.7. The summed E-state index contributed by atoms with van der Waals surface area (Å²) in [4.78, 5) is 1.55. The molecule has 2 heterocycles. The molecule has 6 heteroatoms. The largest absolute Gasteiger partial charge is 0.302 e. The molecule has 0 amide bonds. The van der Waals surface area contributed by atoms with Crippen LogP contribution in [0, 0.1) is 5.92 Å². The Balaban J connectivity index is 1.58. The molecule has 0 N–H and O–H groups in total. The second-order valence-corrected chi connectivity index (χ2v) is 9.69. The van der Waals surface area contributed by atoms with E-state index in [0.29, 0.717) is 0 Å². The maximum atomic E-state index is 4.57. The predicted molar refractivity (Wildman–Crippen MR) is 114 cm³/mol. The molecular weight excluding hydrogens is 426 g/mol. The molecule has 0 spiro atoms. The molecule has 1 aliphatic rings. The molecule has 1 aliphatic carbocycles. The number of fused-ring (bicyclic) bond motifs is 1. The van der Waals surface area contributed by atoms with Crippen LogP contribution in [0.2, 0.25) is 0 Å². The summed E-state index contributed by atoms with van der Waals surface area (Å²) in [7, 11) is 0.